The van der Waals surface area contributed by atoms with Gasteiger partial charge in [0.25, 0.3) is 0 Å². The van der Waals surface area contributed by atoms with E-state index >= 15 is 0 Å². The first kappa shape index (κ1) is 11.5. The van der Waals surface area contributed by atoms with Crippen molar-refractivity contribution >= 4 is 17.2 Å². The van der Waals surface area contributed by atoms with Gasteiger partial charge in [-0.05, 0) is 30.7 Å². The molecule has 0 aromatic carbocycles. The monoisotopic (exact) mass is 261 g/mol. The molecule has 4 nitrogen and oxygen atoms in total. The molecule has 18 heavy (non-hydrogen) atoms. The first-order valence-corrected chi connectivity index (χ1v) is 7.04. The Labute approximate surface area is 109 Å². The highest BCUT2D eigenvalue weighted by Crippen LogP contribution is 2.32. The number of carbonyl (C=O) groups is 1. The summed E-state index contributed by atoms with van der Waals surface area (Å²) >= 11 is 1.67. The van der Waals surface area contributed by atoms with Crippen molar-refractivity contribution in [2.45, 2.75) is 19.3 Å². The number of nitrogens with one attached hydrogen (secondary N) is 2. The lowest BCUT2D eigenvalue weighted by Gasteiger charge is -2.20. The maximum absolute atomic E-state index is 11.8. The van der Waals surface area contributed by atoms with E-state index in [0.29, 0.717) is 0 Å². The van der Waals surface area contributed by atoms with Crippen molar-refractivity contribution in [3.8, 4) is 11.3 Å². The molecule has 0 saturated heterocycles. The van der Waals surface area contributed by atoms with Crippen LogP contribution in [0.25, 0.3) is 11.3 Å². The highest BCUT2D eigenvalue weighted by molar-refractivity contribution is 7.08. The Kier molecular flexibility index (Phi) is 2.91. The van der Waals surface area contributed by atoms with E-state index in [9.17, 15) is 4.79 Å². The van der Waals surface area contributed by atoms with Gasteiger partial charge in [-0.25, -0.2) is 0 Å². The molecular weight excluding hydrogens is 246 g/mol. The molecule has 5 heteroatoms. The lowest BCUT2D eigenvalue weighted by Crippen LogP contribution is -2.31. The fraction of sp³-hybridized carbons (Fsp3) is 0.385. The highest BCUT2D eigenvalue weighted by atomic mass is 32.1. The van der Waals surface area contributed by atoms with E-state index in [1.807, 2.05) is 0 Å². The van der Waals surface area contributed by atoms with Crippen molar-refractivity contribution < 1.29 is 4.79 Å². The zero-order valence-corrected chi connectivity index (χ0v) is 11.0. The van der Waals surface area contributed by atoms with Gasteiger partial charge in [0.1, 0.15) is 0 Å². The minimum Gasteiger partial charge on any atom is -0.359 e. The zero-order chi connectivity index (χ0) is 12.5. The topological polar surface area (TPSA) is 57.8 Å². The molecule has 0 unspecified atom stereocenters. The minimum atomic E-state index is 0.0810. The molecule has 2 aromatic rings. The molecule has 0 radical (unpaired) electrons. The summed E-state index contributed by atoms with van der Waals surface area (Å²) in [6, 6.07) is 2.07. The van der Waals surface area contributed by atoms with Gasteiger partial charge in [-0.2, -0.15) is 16.4 Å². The van der Waals surface area contributed by atoms with E-state index < -0.39 is 0 Å². The van der Waals surface area contributed by atoms with Gasteiger partial charge >= 0.3 is 0 Å². The van der Waals surface area contributed by atoms with Crippen molar-refractivity contribution in [3.05, 3.63) is 28.1 Å². The molecule has 1 aliphatic rings. The van der Waals surface area contributed by atoms with Crippen LogP contribution in [0.15, 0.2) is 16.8 Å². The van der Waals surface area contributed by atoms with E-state index in [1.165, 1.54) is 11.3 Å². The van der Waals surface area contributed by atoms with Gasteiger partial charge in [0.15, 0.2) is 0 Å². The number of carbonyl (C=O) groups excluding carboxylic acids is 1. The van der Waals surface area contributed by atoms with E-state index in [1.54, 1.807) is 18.4 Å². The number of aryl methyl sites for hydroxylation is 1. The molecule has 0 fully saturated rings. The second-order valence-corrected chi connectivity index (χ2v) is 5.38. The maximum atomic E-state index is 11.8. The lowest BCUT2D eigenvalue weighted by atomic mass is 9.85. The average Bonchev–Trinajstić information content (AvgIpc) is 3.05. The summed E-state index contributed by atoms with van der Waals surface area (Å²) in [7, 11) is 1.70. The molecular formula is C13H15N3OS. The van der Waals surface area contributed by atoms with Crippen LogP contribution in [-0.4, -0.2) is 23.2 Å². The van der Waals surface area contributed by atoms with Crippen molar-refractivity contribution in [1.29, 1.82) is 0 Å². The summed E-state index contributed by atoms with van der Waals surface area (Å²) in [5, 5.41) is 14.4. The van der Waals surface area contributed by atoms with Gasteiger partial charge in [0, 0.05) is 35.2 Å². The summed E-state index contributed by atoms with van der Waals surface area (Å²) in [6.45, 7) is 0. The molecule has 94 valence electrons. The predicted molar refractivity (Wildman–Crippen MR) is 71.5 cm³/mol. The summed E-state index contributed by atoms with van der Waals surface area (Å²) < 4.78 is 0. The number of amides is 1. The highest BCUT2D eigenvalue weighted by Gasteiger charge is 2.28. The van der Waals surface area contributed by atoms with Crippen molar-refractivity contribution in [2.24, 2.45) is 5.92 Å². The predicted octanol–water partition coefficient (Wildman–Crippen LogP) is 1.99. The Hall–Kier alpha value is -1.62. The normalized spacial score (nSPS) is 18.4. The number of rotatable bonds is 2. The molecule has 0 bridgehead atoms. The van der Waals surface area contributed by atoms with Crippen molar-refractivity contribution in [2.75, 3.05) is 7.05 Å². The zero-order valence-electron chi connectivity index (χ0n) is 10.2. The number of aromatic amines is 1. The number of hydrogen-bond donors (Lipinski definition) is 2. The number of thiophene rings is 1. The van der Waals surface area contributed by atoms with Crippen LogP contribution in [0.4, 0.5) is 0 Å². The third-order valence-corrected chi connectivity index (χ3v) is 4.24. The Morgan fingerprint density at radius 2 is 2.50 bits per heavy atom. The average molecular weight is 261 g/mol. The summed E-state index contributed by atoms with van der Waals surface area (Å²) in [4.78, 5) is 11.8. The summed E-state index contributed by atoms with van der Waals surface area (Å²) in [5.41, 5.74) is 4.57. The van der Waals surface area contributed by atoms with Crippen LogP contribution in [0.3, 0.4) is 0 Å². The second-order valence-electron chi connectivity index (χ2n) is 4.60. The number of aromatic nitrogens is 2. The van der Waals surface area contributed by atoms with E-state index in [2.05, 4.69) is 32.3 Å². The number of H-pyrrole nitrogens is 1. The molecule has 1 amide bonds. The van der Waals surface area contributed by atoms with Crippen LogP contribution >= 0.6 is 11.3 Å². The Bertz CT molecular complexity index is 559. The van der Waals surface area contributed by atoms with Crippen LogP contribution in [0.5, 0.6) is 0 Å². The largest absolute Gasteiger partial charge is 0.359 e. The van der Waals surface area contributed by atoms with E-state index in [-0.39, 0.29) is 11.8 Å². The molecule has 2 N–H and O–H groups in total. The molecule has 1 atom stereocenters. The molecule has 0 spiro atoms. The lowest BCUT2D eigenvalue weighted by molar-refractivity contribution is -0.124. The molecule has 0 aliphatic heterocycles. The van der Waals surface area contributed by atoms with Crippen molar-refractivity contribution in [3.63, 3.8) is 0 Å². The van der Waals surface area contributed by atoms with Gasteiger partial charge in [-0.3, -0.25) is 9.89 Å². The van der Waals surface area contributed by atoms with E-state index in [4.69, 9.17) is 0 Å². The van der Waals surface area contributed by atoms with Gasteiger partial charge in [-0.15, -0.1) is 0 Å². The van der Waals surface area contributed by atoms with Crippen LogP contribution in [0, 0.1) is 5.92 Å². The maximum Gasteiger partial charge on any atom is 0.223 e. The van der Waals surface area contributed by atoms with Crippen LogP contribution in [0.2, 0.25) is 0 Å². The van der Waals surface area contributed by atoms with Gasteiger partial charge in [0.2, 0.25) is 5.91 Å². The summed E-state index contributed by atoms with van der Waals surface area (Å²) in [6.07, 6.45) is 2.60. The number of fused-ring (bicyclic) bond motifs is 1. The standard InChI is InChI=1S/C13H15N3OS/c1-14-13(17)8-2-3-11-10(6-8)12(16-15-11)9-4-5-18-7-9/h4-5,7-8H,2-3,6H2,1H3,(H,14,17)(H,15,16)/t8-/m1/s1. The van der Waals surface area contributed by atoms with Crippen LogP contribution in [0.1, 0.15) is 17.7 Å². The minimum absolute atomic E-state index is 0.0810. The molecule has 2 heterocycles. The Morgan fingerprint density at radius 1 is 1.61 bits per heavy atom. The fourth-order valence-corrected chi connectivity index (χ4v) is 3.20. The quantitative estimate of drug-likeness (QED) is 0.868. The molecule has 2 aromatic heterocycles. The van der Waals surface area contributed by atoms with Gasteiger partial charge in [-0.1, -0.05) is 0 Å². The smallest absolute Gasteiger partial charge is 0.223 e. The van der Waals surface area contributed by atoms with Crippen molar-refractivity contribution in [1.82, 2.24) is 15.5 Å². The second kappa shape index (κ2) is 4.57. The SMILES string of the molecule is CNC(=O)[C@@H]1CCc2[nH]nc(-c3ccsc3)c2C1. The van der Waals surface area contributed by atoms with Gasteiger partial charge in [0.05, 0.1) is 5.69 Å². The first-order chi connectivity index (χ1) is 8.79. The van der Waals surface area contributed by atoms with Crippen LogP contribution < -0.4 is 5.32 Å². The fourth-order valence-electron chi connectivity index (χ4n) is 2.56. The van der Waals surface area contributed by atoms with Crippen LogP contribution in [-0.2, 0) is 17.6 Å². The molecule has 3 rings (SSSR count). The Morgan fingerprint density at radius 3 is 3.22 bits per heavy atom. The third kappa shape index (κ3) is 1.84. The molecule has 1 aliphatic carbocycles. The number of nitrogens with zero attached hydrogens (tertiary/aromatic N) is 1. The van der Waals surface area contributed by atoms with E-state index in [0.717, 1.165) is 30.5 Å². The Balaban J connectivity index is 1.94. The molecule has 0 saturated carbocycles. The third-order valence-electron chi connectivity index (χ3n) is 3.56. The first-order valence-electron chi connectivity index (χ1n) is 6.10. The van der Waals surface area contributed by atoms with Gasteiger partial charge < -0.3 is 5.32 Å². The summed E-state index contributed by atoms with van der Waals surface area (Å²) in [5.74, 6) is 0.218. The number of hydrogen-bond acceptors (Lipinski definition) is 3.